The van der Waals surface area contributed by atoms with Crippen LogP contribution in [0.2, 0.25) is 5.02 Å². The molecule has 0 aromatic heterocycles. The summed E-state index contributed by atoms with van der Waals surface area (Å²) in [6, 6.07) is 20.4. The Balaban J connectivity index is 1.73. The minimum Gasteiger partial charge on any atom is -0.493 e. The molecular formula is C22H21ClFNO2. The van der Waals surface area contributed by atoms with Crippen LogP contribution in [-0.4, -0.2) is 7.11 Å². The van der Waals surface area contributed by atoms with Crippen LogP contribution in [-0.2, 0) is 19.7 Å². The molecule has 0 amide bonds. The largest absolute Gasteiger partial charge is 0.493 e. The lowest BCUT2D eigenvalue weighted by Crippen LogP contribution is -2.14. The maximum absolute atomic E-state index is 14.0. The van der Waals surface area contributed by atoms with Crippen LogP contribution < -0.4 is 14.8 Å². The minimum absolute atomic E-state index is 0.0254. The molecule has 0 saturated carbocycles. The van der Waals surface area contributed by atoms with Crippen molar-refractivity contribution in [2.75, 3.05) is 7.11 Å². The van der Waals surface area contributed by atoms with E-state index in [9.17, 15) is 4.39 Å². The molecule has 0 saturated heterocycles. The van der Waals surface area contributed by atoms with E-state index < -0.39 is 0 Å². The number of rotatable bonds is 8. The zero-order valence-electron chi connectivity index (χ0n) is 15.0. The van der Waals surface area contributed by atoms with Crippen molar-refractivity contribution in [2.45, 2.75) is 19.7 Å². The van der Waals surface area contributed by atoms with Crippen LogP contribution >= 0.6 is 11.6 Å². The van der Waals surface area contributed by atoms with Crippen LogP contribution in [0.25, 0.3) is 0 Å². The lowest BCUT2D eigenvalue weighted by molar-refractivity contribution is 0.276. The lowest BCUT2D eigenvalue weighted by Gasteiger charge is -2.16. The average molecular weight is 386 g/mol. The second-order valence-electron chi connectivity index (χ2n) is 6.03. The van der Waals surface area contributed by atoms with Crippen molar-refractivity contribution in [3.63, 3.8) is 0 Å². The molecule has 0 unspecified atom stereocenters. The van der Waals surface area contributed by atoms with Gasteiger partial charge in [0.2, 0.25) is 0 Å². The van der Waals surface area contributed by atoms with Gasteiger partial charge >= 0.3 is 0 Å². The second-order valence-corrected chi connectivity index (χ2v) is 6.43. The normalized spacial score (nSPS) is 10.6. The fraction of sp³-hybridized carbons (Fsp3) is 0.182. The molecule has 3 aromatic rings. The number of halogens is 2. The van der Waals surface area contributed by atoms with Crippen molar-refractivity contribution in [1.82, 2.24) is 5.32 Å². The summed E-state index contributed by atoms with van der Waals surface area (Å²) in [6.07, 6.45) is 0. The Morgan fingerprint density at radius 3 is 2.44 bits per heavy atom. The molecule has 140 valence electrons. The Bertz CT molecular complexity index is 866. The third-order valence-electron chi connectivity index (χ3n) is 4.19. The molecule has 3 aromatic carbocycles. The summed E-state index contributed by atoms with van der Waals surface area (Å²) in [5, 5.41) is 3.74. The molecule has 0 aliphatic heterocycles. The summed E-state index contributed by atoms with van der Waals surface area (Å²) >= 11 is 6.10. The maximum Gasteiger partial charge on any atom is 0.166 e. The molecule has 3 rings (SSSR count). The smallest absolute Gasteiger partial charge is 0.166 e. The van der Waals surface area contributed by atoms with Crippen LogP contribution in [0.15, 0.2) is 66.7 Å². The summed E-state index contributed by atoms with van der Waals surface area (Å²) in [5.41, 5.74) is 2.45. The first kappa shape index (κ1) is 19.2. The zero-order valence-corrected chi connectivity index (χ0v) is 15.8. The number of methoxy groups -OCH3 is 1. The van der Waals surface area contributed by atoms with Crippen LogP contribution in [0, 0.1) is 5.82 Å². The highest BCUT2D eigenvalue weighted by atomic mass is 35.5. The van der Waals surface area contributed by atoms with Gasteiger partial charge in [0.1, 0.15) is 12.4 Å². The van der Waals surface area contributed by atoms with E-state index in [0.717, 1.165) is 12.1 Å². The molecule has 0 aliphatic carbocycles. The predicted molar refractivity (Wildman–Crippen MR) is 106 cm³/mol. The number of hydrogen-bond acceptors (Lipinski definition) is 3. The van der Waals surface area contributed by atoms with E-state index in [1.165, 1.54) is 11.6 Å². The van der Waals surface area contributed by atoms with Crippen molar-refractivity contribution in [1.29, 1.82) is 0 Å². The third kappa shape index (κ3) is 5.00. The first-order valence-electron chi connectivity index (χ1n) is 8.65. The maximum atomic E-state index is 14.0. The van der Waals surface area contributed by atoms with Crippen molar-refractivity contribution < 1.29 is 13.9 Å². The summed E-state index contributed by atoms with van der Waals surface area (Å²) in [4.78, 5) is 0. The molecular weight excluding hydrogens is 365 g/mol. The zero-order chi connectivity index (χ0) is 19.1. The molecule has 5 heteroatoms. The predicted octanol–water partition coefficient (Wildman–Crippen LogP) is 5.36. The van der Waals surface area contributed by atoms with Crippen LogP contribution in [0.1, 0.15) is 16.7 Å². The van der Waals surface area contributed by atoms with Gasteiger partial charge in [-0.25, -0.2) is 4.39 Å². The molecule has 0 aliphatic rings. The van der Waals surface area contributed by atoms with Gasteiger partial charge in [0.15, 0.2) is 11.5 Å². The standard InChI is InChI=1S/C22H21ClFNO2/c1-26-21-12-5-9-17(14-25-13-16-7-3-2-4-8-16)22(21)27-15-18-19(23)10-6-11-20(18)24/h2-12,25H,13-15H2,1H3. The van der Waals surface area contributed by atoms with Gasteiger partial charge in [-0.3, -0.25) is 0 Å². The van der Waals surface area contributed by atoms with Crippen molar-refractivity contribution in [2.24, 2.45) is 0 Å². The highest BCUT2D eigenvalue weighted by molar-refractivity contribution is 6.31. The Morgan fingerprint density at radius 1 is 0.926 bits per heavy atom. The molecule has 1 N–H and O–H groups in total. The van der Waals surface area contributed by atoms with E-state index in [4.69, 9.17) is 21.1 Å². The number of para-hydroxylation sites is 1. The van der Waals surface area contributed by atoms with Gasteiger partial charge < -0.3 is 14.8 Å². The molecule has 0 spiro atoms. The van der Waals surface area contributed by atoms with Gasteiger partial charge in [0.05, 0.1) is 12.1 Å². The summed E-state index contributed by atoms with van der Waals surface area (Å²) in [6.45, 7) is 1.35. The summed E-state index contributed by atoms with van der Waals surface area (Å²) < 4.78 is 25.4. The van der Waals surface area contributed by atoms with E-state index in [2.05, 4.69) is 17.4 Å². The van der Waals surface area contributed by atoms with E-state index in [1.54, 1.807) is 19.2 Å². The molecule has 0 fully saturated rings. The monoisotopic (exact) mass is 385 g/mol. The van der Waals surface area contributed by atoms with Crippen molar-refractivity contribution >= 4 is 11.6 Å². The molecule has 0 radical (unpaired) electrons. The Morgan fingerprint density at radius 2 is 1.70 bits per heavy atom. The fourth-order valence-corrected chi connectivity index (χ4v) is 2.99. The number of hydrogen-bond donors (Lipinski definition) is 1. The average Bonchev–Trinajstić information content (AvgIpc) is 2.69. The van der Waals surface area contributed by atoms with Crippen LogP contribution in [0.3, 0.4) is 0 Å². The fourth-order valence-electron chi connectivity index (χ4n) is 2.78. The van der Waals surface area contributed by atoms with Crippen molar-refractivity contribution in [3.05, 3.63) is 94.3 Å². The first-order chi connectivity index (χ1) is 13.2. The van der Waals surface area contributed by atoms with Crippen LogP contribution in [0.5, 0.6) is 11.5 Å². The first-order valence-corrected chi connectivity index (χ1v) is 9.03. The second kappa shape index (κ2) is 9.40. The molecule has 27 heavy (non-hydrogen) atoms. The van der Waals surface area contributed by atoms with Gasteiger partial charge in [-0.05, 0) is 23.8 Å². The van der Waals surface area contributed by atoms with Gasteiger partial charge in [0.25, 0.3) is 0 Å². The molecule has 0 heterocycles. The SMILES string of the molecule is COc1cccc(CNCc2ccccc2)c1OCc1c(F)cccc1Cl. The number of ether oxygens (including phenoxy) is 2. The lowest BCUT2D eigenvalue weighted by atomic mass is 10.1. The molecule has 0 atom stereocenters. The topological polar surface area (TPSA) is 30.5 Å². The van der Waals surface area contributed by atoms with Gasteiger partial charge in [0, 0.05) is 24.2 Å². The van der Waals surface area contributed by atoms with E-state index in [0.29, 0.717) is 28.6 Å². The third-order valence-corrected chi connectivity index (χ3v) is 4.54. The molecule has 3 nitrogen and oxygen atoms in total. The van der Waals surface area contributed by atoms with E-state index >= 15 is 0 Å². The minimum atomic E-state index is -0.388. The Kier molecular flexibility index (Phi) is 6.69. The molecule has 0 bridgehead atoms. The summed E-state index contributed by atoms with van der Waals surface area (Å²) in [5.74, 6) is 0.794. The van der Waals surface area contributed by atoms with Gasteiger partial charge in [-0.2, -0.15) is 0 Å². The highest BCUT2D eigenvalue weighted by Gasteiger charge is 2.13. The van der Waals surface area contributed by atoms with Gasteiger partial charge in [-0.15, -0.1) is 0 Å². The number of benzene rings is 3. The van der Waals surface area contributed by atoms with Crippen LogP contribution in [0.4, 0.5) is 4.39 Å². The van der Waals surface area contributed by atoms with Crippen molar-refractivity contribution in [3.8, 4) is 11.5 Å². The van der Waals surface area contributed by atoms with E-state index in [1.807, 2.05) is 36.4 Å². The quantitative estimate of drug-likeness (QED) is 0.566. The Labute approximate surface area is 163 Å². The van der Waals surface area contributed by atoms with E-state index in [-0.39, 0.29) is 12.4 Å². The summed E-state index contributed by atoms with van der Waals surface area (Å²) in [7, 11) is 1.58. The van der Waals surface area contributed by atoms with Gasteiger partial charge in [-0.1, -0.05) is 60.1 Å². The Hall–Kier alpha value is -2.56. The number of nitrogens with one attached hydrogen (secondary N) is 1. The highest BCUT2D eigenvalue weighted by Crippen LogP contribution is 2.32.